The lowest BCUT2D eigenvalue weighted by Gasteiger charge is -2.33. The Hall–Kier alpha value is -2.02. The van der Waals surface area contributed by atoms with E-state index >= 15 is 0 Å². The summed E-state index contributed by atoms with van der Waals surface area (Å²) in [5.74, 6) is -0.571. The zero-order valence-electron chi connectivity index (χ0n) is 11.2. The summed E-state index contributed by atoms with van der Waals surface area (Å²) >= 11 is 0. The molecule has 1 aromatic carbocycles. The van der Waals surface area contributed by atoms with Crippen LogP contribution in [0.3, 0.4) is 0 Å². The number of nitrogens with zero attached hydrogens (tertiary/aromatic N) is 3. The van der Waals surface area contributed by atoms with Gasteiger partial charge in [-0.2, -0.15) is 0 Å². The molecule has 7 heteroatoms. The molecule has 0 N–H and O–H groups in total. The first-order valence-electron chi connectivity index (χ1n) is 6.31. The van der Waals surface area contributed by atoms with E-state index in [9.17, 15) is 14.1 Å². The molecule has 1 aliphatic rings. The molecule has 1 aliphatic heterocycles. The van der Waals surface area contributed by atoms with E-state index in [0.717, 1.165) is 0 Å². The Morgan fingerprint density at radius 1 is 1.35 bits per heavy atom. The van der Waals surface area contributed by atoms with Gasteiger partial charge in [0.25, 0.3) is 0 Å². The fraction of sp³-hybridized carbons (Fsp3) is 0.462. The van der Waals surface area contributed by atoms with Crippen molar-refractivity contribution in [1.29, 1.82) is 0 Å². The van der Waals surface area contributed by atoms with Crippen LogP contribution in [0.4, 0.5) is 14.9 Å². The van der Waals surface area contributed by atoms with Crippen molar-refractivity contribution < 1.29 is 13.9 Å². The van der Waals surface area contributed by atoms with Gasteiger partial charge in [-0.3, -0.25) is 4.90 Å². The number of amides is 1. The monoisotopic (exact) mass is 281 g/mol. The van der Waals surface area contributed by atoms with E-state index in [1.165, 1.54) is 13.2 Å². The number of rotatable bonds is 3. The first kappa shape index (κ1) is 14.4. The van der Waals surface area contributed by atoms with Gasteiger partial charge in [-0.05, 0) is 11.2 Å². The third kappa shape index (κ3) is 3.11. The van der Waals surface area contributed by atoms with E-state index in [2.05, 4.69) is 9.91 Å². The largest absolute Gasteiger partial charge is 0.453 e. The second kappa shape index (κ2) is 6.42. The SMILES string of the molecule is COC(=O)N1CCN(Cc2cccc(N=O)c2F)CC1. The third-order valence-electron chi connectivity index (χ3n) is 3.36. The molecule has 0 saturated carbocycles. The van der Waals surface area contributed by atoms with Gasteiger partial charge < -0.3 is 9.64 Å². The van der Waals surface area contributed by atoms with E-state index < -0.39 is 5.82 Å². The van der Waals surface area contributed by atoms with Crippen molar-refractivity contribution in [3.8, 4) is 0 Å². The Balaban J connectivity index is 1.96. The number of hydrogen-bond donors (Lipinski definition) is 0. The minimum Gasteiger partial charge on any atom is -0.453 e. The summed E-state index contributed by atoms with van der Waals surface area (Å²) in [6, 6.07) is 4.59. The molecule has 108 valence electrons. The van der Waals surface area contributed by atoms with Gasteiger partial charge in [-0.25, -0.2) is 9.18 Å². The highest BCUT2D eigenvalue weighted by Gasteiger charge is 2.22. The molecule has 0 radical (unpaired) electrons. The van der Waals surface area contributed by atoms with Gasteiger partial charge in [0.2, 0.25) is 0 Å². The fourth-order valence-electron chi connectivity index (χ4n) is 2.22. The molecule has 0 atom stereocenters. The lowest BCUT2D eigenvalue weighted by Crippen LogP contribution is -2.48. The number of ether oxygens (including phenoxy) is 1. The highest BCUT2D eigenvalue weighted by Crippen LogP contribution is 2.22. The average molecular weight is 281 g/mol. The number of nitroso groups, excluding NO2 is 1. The lowest BCUT2D eigenvalue weighted by molar-refractivity contribution is 0.0885. The molecule has 6 nitrogen and oxygen atoms in total. The van der Waals surface area contributed by atoms with Gasteiger partial charge in [0.15, 0.2) is 5.82 Å². The lowest BCUT2D eigenvalue weighted by atomic mass is 10.1. The number of halogens is 1. The molecule has 1 heterocycles. The molecule has 0 aromatic heterocycles. The third-order valence-corrected chi connectivity index (χ3v) is 3.36. The van der Waals surface area contributed by atoms with Crippen LogP contribution >= 0.6 is 0 Å². The van der Waals surface area contributed by atoms with Crippen LogP contribution in [0.1, 0.15) is 5.56 Å². The molecule has 0 unspecified atom stereocenters. The van der Waals surface area contributed by atoms with Crippen molar-refractivity contribution >= 4 is 11.8 Å². The summed E-state index contributed by atoms with van der Waals surface area (Å²) in [5, 5.41) is 2.66. The van der Waals surface area contributed by atoms with Crippen molar-refractivity contribution in [2.45, 2.75) is 6.54 Å². The first-order chi connectivity index (χ1) is 9.65. The predicted molar refractivity (Wildman–Crippen MR) is 71.1 cm³/mol. The van der Waals surface area contributed by atoms with Crippen LogP contribution in [0.15, 0.2) is 23.4 Å². The highest BCUT2D eigenvalue weighted by atomic mass is 19.1. The maximum Gasteiger partial charge on any atom is 0.409 e. The second-order valence-corrected chi connectivity index (χ2v) is 4.57. The molecule has 1 fully saturated rings. The number of carbonyl (C=O) groups excluding carboxylic acids is 1. The quantitative estimate of drug-likeness (QED) is 0.796. The fourth-order valence-corrected chi connectivity index (χ4v) is 2.22. The summed E-state index contributed by atoms with van der Waals surface area (Å²) in [4.78, 5) is 25.4. The summed E-state index contributed by atoms with van der Waals surface area (Å²) in [7, 11) is 1.35. The van der Waals surface area contributed by atoms with Crippen molar-refractivity contribution in [2.24, 2.45) is 5.18 Å². The number of carbonyl (C=O) groups is 1. The minimum atomic E-state index is -0.571. The summed E-state index contributed by atoms with van der Waals surface area (Å²) in [6.07, 6.45) is -0.344. The number of methoxy groups -OCH3 is 1. The standard InChI is InChI=1S/C13H16FN3O3/c1-20-13(18)17-7-5-16(6-8-17)9-10-3-2-4-11(15-19)12(10)14/h2-4H,5-9H2,1H3. The van der Waals surface area contributed by atoms with Gasteiger partial charge in [-0.15, -0.1) is 4.91 Å². The molecule has 20 heavy (non-hydrogen) atoms. The zero-order valence-corrected chi connectivity index (χ0v) is 11.2. The maximum atomic E-state index is 13.9. The topological polar surface area (TPSA) is 62.2 Å². The van der Waals surface area contributed by atoms with Crippen LogP contribution in [0.25, 0.3) is 0 Å². The molecular weight excluding hydrogens is 265 g/mol. The molecule has 0 bridgehead atoms. The van der Waals surface area contributed by atoms with Crippen LogP contribution in [-0.4, -0.2) is 49.2 Å². The van der Waals surface area contributed by atoms with Gasteiger partial charge in [0, 0.05) is 38.3 Å². The van der Waals surface area contributed by atoms with Crippen molar-refractivity contribution in [3.63, 3.8) is 0 Å². The summed E-state index contributed by atoms with van der Waals surface area (Å²) in [6.45, 7) is 2.74. The first-order valence-corrected chi connectivity index (χ1v) is 6.31. The molecule has 1 amide bonds. The number of benzene rings is 1. The van der Waals surface area contributed by atoms with Crippen molar-refractivity contribution in [1.82, 2.24) is 9.80 Å². The van der Waals surface area contributed by atoms with E-state index in [0.29, 0.717) is 38.3 Å². The molecule has 0 aliphatic carbocycles. The van der Waals surface area contributed by atoms with Crippen LogP contribution in [-0.2, 0) is 11.3 Å². The minimum absolute atomic E-state index is 0.171. The summed E-state index contributed by atoms with van der Waals surface area (Å²) < 4.78 is 18.5. The Kier molecular flexibility index (Phi) is 4.62. The molecular formula is C13H16FN3O3. The molecule has 2 rings (SSSR count). The maximum absolute atomic E-state index is 13.9. The Labute approximate surface area is 116 Å². The van der Waals surface area contributed by atoms with Crippen LogP contribution < -0.4 is 0 Å². The molecule has 1 saturated heterocycles. The van der Waals surface area contributed by atoms with Crippen molar-refractivity contribution in [2.75, 3.05) is 33.3 Å². The van der Waals surface area contributed by atoms with E-state index in [1.54, 1.807) is 17.0 Å². The van der Waals surface area contributed by atoms with Crippen LogP contribution in [0.2, 0.25) is 0 Å². The Morgan fingerprint density at radius 2 is 2.05 bits per heavy atom. The molecule has 1 aromatic rings. The van der Waals surface area contributed by atoms with Gasteiger partial charge in [-0.1, -0.05) is 12.1 Å². The van der Waals surface area contributed by atoms with E-state index in [-0.39, 0.29) is 11.8 Å². The Bertz CT molecular complexity index is 502. The highest BCUT2D eigenvalue weighted by molar-refractivity contribution is 5.67. The normalized spacial score (nSPS) is 16.0. The summed E-state index contributed by atoms with van der Waals surface area (Å²) in [5.41, 5.74) is 0.268. The van der Waals surface area contributed by atoms with Gasteiger partial charge in [0.05, 0.1) is 7.11 Å². The van der Waals surface area contributed by atoms with Crippen LogP contribution in [0, 0.1) is 10.7 Å². The van der Waals surface area contributed by atoms with Crippen LogP contribution in [0.5, 0.6) is 0 Å². The van der Waals surface area contributed by atoms with E-state index in [1.807, 2.05) is 4.90 Å². The zero-order chi connectivity index (χ0) is 14.5. The predicted octanol–water partition coefficient (Wildman–Crippen LogP) is 2.11. The number of piperazine rings is 1. The molecule has 0 spiro atoms. The Morgan fingerprint density at radius 3 is 2.65 bits per heavy atom. The number of hydrogen-bond acceptors (Lipinski definition) is 5. The average Bonchev–Trinajstić information content (AvgIpc) is 2.49. The second-order valence-electron chi connectivity index (χ2n) is 4.57. The smallest absolute Gasteiger partial charge is 0.409 e. The van der Waals surface area contributed by atoms with Crippen molar-refractivity contribution in [3.05, 3.63) is 34.5 Å². The van der Waals surface area contributed by atoms with Gasteiger partial charge >= 0.3 is 6.09 Å². The van der Waals surface area contributed by atoms with Gasteiger partial charge in [0.1, 0.15) is 5.69 Å². The van der Waals surface area contributed by atoms with E-state index in [4.69, 9.17) is 0 Å².